The van der Waals surface area contributed by atoms with Gasteiger partial charge in [-0.2, -0.15) is 0 Å². The number of aldehydes is 1. The predicted molar refractivity (Wildman–Crippen MR) is 87.4 cm³/mol. The van der Waals surface area contributed by atoms with Crippen LogP contribution in [0.1, 0.15) is 31.9 Å². The summed E-state index contributed by atoms with van der Waals surface area (Å²) in [4.78, 5) is 22.8. The highest BCUT2D eigenvalue weighted by Gasteiger charge is 2.19. The van der Waals surface area contributed by atoms with Crippen LogP contribution in [0.4, 0.5) is 4.79 Å². The number of hydrogen-bond acceptors (Lipinski definition) is 6. The number of hydrazine groups is 1. The topological polar surface area (TPSA) is 132 Å². The summed E-state index contributed by atoms with van der Waals surface area (Å²) >= 11 is 0. The summed E-state index contributed by atoms with van der Waals surface area (Å²) in [6.07, 6.45) is 0.387. The zero-order valence-corrected chi connectivity index (χ0v) is 13.5. The summed E-state index contributed by atoms with van der Waals surface area (Å²) < 4.78 is 5.13. The molecule has 0 aliphatic rings. The summed E-state index contributed by atoms with van der Waals surface area (Å²) in [6, 6.07) is 6.41. The minimum absolute atomic E-state index is 0.248. The third kappa shape index (κ3) is 6.79. The number of hydrazone groups is 1. The quantitative estimate of drug-likeness (QED) is 0.197. The zero-order valence-electron chi connectivity index (χ0n) is 13.5. The summed E-state index contributed by atoms with van der Waals surface area (Å²) in [7, 11) is 0. The van der Waals surface area contributed by atoms with Gasteiger partial charge in [0.15, 0.2) is 5.84 Å². The second-order valence-corrected chi connectivity index (χ2v) is 5.92. The molecule has 0 radical (unpaired) electrons. The van der Waals surface area contributed by atoms with E-state index in [9.17, 15) is 9.59 Å². The van der Waals surface area contributed by atoms with Crippen LogP contribution < -0.4 is 22.4 Å². The van der Waals surface area contributed by atoms with Crippen molar-refractivity contribution in [2.75, 3.05) is 0 Å². The molecular weight excluding hydrogens is 298 g/mol. The van der Waals surface area contributed by atoms with Crippen molar-refractivity contribution < 1.29 is 14.3 Å². The number of nitrogens with zero attached hydrogens (tertiary/aromatic N) is 1. The standard InChI is InChI=1S/C15H23N5O3/c1-15(2,3)23-14(22)18-12(9-21)8-10-4-6-11(7-5-10)13(16)19-20-17/h4-7,9,12,20H,8,17H2,1-3H3,(H2,16,19)(H,18,22). The lowest BCUT2D eigenvalue weighted by atomic mass is 10.0. The molecule has 126 valence electrons. The van der Waals surface area contributed by atoms with E-state index in [4.69, 9.17) is 16.3 Å². The van der Waals surface area contributed by atoms with Gasteiger partial charge in [-0.1, -0.05) is 24.3 Å². The molecule has 0 aliphatic carbocycles. The number of hydrogen-bond donors (Lipinski definition) is 4. The molecule has 1 unspecified atom stereocenters. The lowest BCUT2D eigenvalue weighted by Gasteiger charge is -2.21. The van der Waals surface area contributed by atoms with Gasteiger partial charge in [0.1, 0.15) is 11.9 Å². The molecule has 1 atom stereocenters. The first-order valence-electron chi connectivity index (χ1n) is 7.08. The summed E-state index contributed by atoms with van der Waals surface area (Å²) in [5.41, 5.74) is 8.73. The van der Waals surface area contributed by atoms with E-state index in [-0.39, 0.29) is 5.84 Å². The van der Waals surface area contributed by atoms with Gasteiger partial charge >= 0.3 is 6.09 Å². The van der Waals surface area contributed by atoms with Gasteiger partial charge in [0.25, 0.3) is 0 Å². The van der Waals surface area contributed by atoms with Gasteiger partial charge in [-0.05, 0) is 32.8 Å². The smallest absolute Gasteiger partial charge is 0.408 e. The van der Waals surface area contributed by atoms with Crippen molar-refractivity contribution >= 4 is 18.2 Å². The molecule has 1 rings (SSSR count). The van der Waals surface area contributed by atoms with E-state index in [0.717, 1.165) is 5.56 Å². The Kier molecular flexibility index (Phi) is 6.52. The highest BCUT2D eigenvalue weighted by Crippen LogP contribution is 2.09. The summed E-state index contributed by atoms with van der Waals surface area (Å²) in [6.45, 7) is 5.26. The maximum atomic E-state index is 11.7. The fraction of sp³-hybridized carbons (Fsp3) is 0.400. The number of carbonyl (C=O) groups is 2. The molecule has 1 aromatic rings. The number of amidine groups is 1. The molecule has 0 fully saturated rings. The van der Waals surface area contributed by atoms with Crippen LogP contribution in [0.15, 0.2) is 29.4 Å². The first kappa shape index (κ1) is 18.4. The monoisotopic (exact) mass is 321 g/mol. The molecule has 8 nitrogen and oxygen atoms in total. The lowest BCUT2D eigenvalue weighted by Crippen LogP contribution is -2.41. The minimum atomic E-state index is -0.674. The Bertz CT molecular complexity index is 563. The number of amides is 1. The number of ether oxygens (including phenoxy) is 1. The number of nitrogens with two attached hydrogens (primary N) is 2. The van der Waals surface area contributed by atoms with E-state index in [1.165, 1.54) is 0 Å². The molecule has 23 heavy (non-hydrogen) atoms. The molecular formula is C15H23N5O3. The van der Waals surface area contributed by atoms with Gasteiger partial charge < -0.3 is 20.6 Å². The molecule has 0 aliphatic heterocycles. The van der Waals surface area contributed by atoms with Gasteiger partial charge in [-0.25, -0.2) is 16.2 Å². The van der Waals surface area contributed by atoms with Crippen LogP contribution >= 0.6 is 0 Å². The van der Waals surface area contributed by atoms with Crippen molar-refractivity contribution in [2.24, 2.45) is 16.7 Å². The summed E-state index contributed by atoms with van der Waals surface area (Å²) in [5, 5.41) is 6.19. The maximum absolute atomic E-state index is 11.7. The van der Waals surface area contributed by atoms with Crippen molar-refractivity contribution in [3.63, 3.8) is 0 Å². The van der Waals surface area contributed by atoms with Crippen molar-refractivity contribution in [3.05, 3.63) is 35.4 Å². The molecule has 0 heterocycles. The van der Waals surface area contributed by atoms with E-state index in [1.54, 1.807) is 45.0 Å². The fourth-order valence-corrected chi connectivity index (χ4v) is 1.79. The van der Waals surface area contributed by atoms with E-state index in [1.807, 2.05) is 0 Å². The van der Waals surface area contributed by atoms with Gasteiger partial charge in [0.05, 0.1) is 6.04 Å². The number of carbonyl (C=O) groups excluding carboxylic acids is 2. The van der Waals surface area contributed by atoms with Crippen molar-refractivity contribution in [2.45, 2.75) is 38.8 Å². The molecule has 1 aromatic carbocycles. The number of nitrogens with one attached hydrogen (secondary N) is 2. The Hall–Kier alpha value is -2.61. The normalized spacial score (nSPS) is 13.1. The van der Waals surface area contributed by atoms with Gasteiger partial charge in [0.2, 0.25) is 0 Å². The number of alkyl carbamates (subject to hydrolysis) is 1. The third-order valence-corrected chi connectivity index (χ3v) is 2.76. The zero-order chi connectivity index (χ0) is 17.5. The molecule has 6 N–H and O–H groups in total. The van der Waals surface area contributed by atoms with Crippen LogP contribution in [0.25, 0.3) is 0 Å². The fourth-order valence-electron chi connectivity index (χ4n) is 1.79. The SMILES string of the molecule is CC(C)(C)OC(=O)NC(C=O)Cc1ccc(/C(N)=N/NN)cc1. The van der Waals surface area contributed by atoms with E-state index in [2.05, 4.69) is 16.0 Å². The van der Waals surface area contributed by atoms with Crippen LogP contribution in [0.3, 0.4) is 0 Å². The molecule has 1 amide bonds. The Labute approximate surface area is 135 Å². The Balaban J connectivity index is 2.67. The van der Waals surface area contributed by atoms with Crippen LogP contribution in [0.2, 0.25) is 0 Å². The second kappa shape index (κ2) is 8.14. The minimum Gasteiger partial charge on any atom is -0.444 e. The largest absolute Gasteiger partial charge is 0.444 e. The Morgan fingerprint density at radius 2 is 1.96 bits per heavy atom. The molecule has 0 saturated carbocycles. The van der Waals surface area contributed by atoms with Crippen LogP contribution in [-0.2, 0) is 16.0 Å². The van der Waals surface area contributed by atoms with Gasteiger partial charge in [-0.3, -0.25) is 0 Å². The number of benzene rings is 1. The average Bonchev–Trinajstić information content (AvgIpc) is 2.45. The lowest BCUT2D eigenvalue weighted by molar-refractivity contribution is -0.109. The predicted octanol–water partition coefficient (Wildman–Crippen LogP) is 0.405. The second-order valence-electron chi connectivity index (χ2n) is 5.92. The molecule has 0 saturated heterocycles. The Morgan fingerprint density at radius 3 is 2.43 bits per heavy atom. The molecule has 8 heteroatoms. The molecule has 0 bridgehead atoms. The van der Waals surface area contributed by atoms with Crippen LogP contribution in [0, 0.1) is 0 Å². The van der Waals surface area contributed by atoms with Crippen LogP contribution in [0.5, 0.6) is 0 Å². The molecule has 0 spiro atoms. The van der Waals surface area contributed by atoms with Gasteiger partial charge in [-0.15, -0.1) is 5.10 Å². The third-order valence-electron chi connectivity index (χ3n) is 2.76. The Morgan fingerprint density at radius 1 is 1.35 bits per heavy atom. The van der Waals surface area contributed by atoms with Crippen LogP contribution in [-0.4, -0.2) is 29.9 Å². The van der Waals surface area contributed by atoms with Crippen molar-refractivity contribution in [1.82, 2.24) is 10.9 Å². The van der Waals surface area contributed by atoms with Crippen molar-refractivity contribution in [1.29, 1.82) is 0 Å². The first-order valence-corrected chi connectivity index (χ1v) is 7.08. The van der Waals surface area contributed by atoms with Gasteiger partial charge in [0, 0.05) is 5.56 Å². The van der Waals surface area contributed by atoms with E-state index >= 15 is 0 Å². The highest BCUT2D eigenvalue weighted by atomic mass is 16.6. The first-order chi connectivity index (χ1) is 10.7. The summed E-state index contributed by atoms with van der Waals surface area (Å²) in [5.74, 6) is 5.31. The van der Waals surface area contributed by atoms with E-state index in [0.29, 0.717) is 18.3 Å². The maximum Gasteiger partial charge on any atom is 0.408 e. The average molecular weight is 321 g/mol. The molecule has 0 aromatic heterocycles. The van der Waals surface area contributed by atoms with E-state index < -0.39 is 17.7 Å². The highest BCUT2D eigenvalue weighted by molar-refractivity contribution is 5.97. The number of rotatable bonds is 6. The van der Waals surface area contributed by atoms with Crippen molar-refractivity contribution in [3.8, 4) is 0 Å².